The van der Waals surface area contributed by atoms with Crippen molar-refractivity contribution >= 4 is 29.0 Å². The molecule has 1 saturated heterocycles. The monoisotopic (exact) mass is 399 g/mol. The first-order valence-electron chi connectivity index (χ1n) is 8.93. The van der Waals surface area contributed by atoms with Gasteiger partial charge in [0.25, 0.3) is 5.91 Å². The molecule has 7 heteroatoms. The summed E-state index contributed by atoms with van der Waals surface area (Å²) in [7, 11) is 4.95. The third-order valence-corrected chi connectivity index (χ3v) is 4.82. The van der Waals surface area contributed by atoms with Gasteiger partial charge in [0.15, 0.2) is 0 Å². The normalized spacial score (nSPS) is 16.6. The average molecular weight is 400 g/mol. The third-order valence-electron chi connectivity index (χ3n) is 4.53. The number of nitrogens with zero attached hydrogens (tertiary/aromatic N) is 2. The van der Waals surface area contributed by atoms with Crippen LogP contribution in [0.1, 0.15) is 34.5 Å². The van der Waals surface area contributed by atoms with Crippen LogP contribution < -0.4 is 10.1 Å². The molecule has 0 saturated carbocycles. The molecule has 1 aliphatic heterocycles. The first-order chi connectivity index (χ1) is 13.4. The summed E-state index contributed by atoms with van der Waals surface area (Å²) in [6.45, 7) is 0. The number of carbonyl (C=O) groups is 2. The van der Waals surface area contributed by atoms with Crippen LogP contribution in [0.5, 0.6) is 5.88 Å². The average Bonchev–Trinajstić information content (AvgIpc) is 3.11. The molecule has 0 aliphatic carbocycles. The molecule has 1 N–H and O–H groups in total. The van der Waals surface area contributed by atoms with Crippen molar-refractivity contribution in [1.29, 1.82) is 0 Å². The van der Waals surface area contributed by atoms with E-state index >= 15 is 0 Å². The van der Waals surface area contributed by atoms with Crippen LogP contribution in [0.15, 0.2) is 42.5 Å². The Kier molecular flexibility index (Phi) is 5.99. The number of methoxy groups -OCH3 is 1. The van der Waals surface area contributed by atoms with Crippen molar-refractivity contribution in [2.24, 2.45) is 0 Å². The number of hydrogen-bond acceptors (Lipinski definition) is 4. The molecule has 1 fully saturated rings. The number of benzene rings is 1. The van der Waals surface area contributed by atoms with Gasteiger partial charge in [-0.2, -0.15) is 0 Å². The largest absolute Gasteiger partial charge is 0.480 e. The molecular formula is C21H22ClN3O3. The fraction of sp³-hybridized carbons (Fsp3) is 0.286. The number of pyridine rings is 1. The zero-order chi connectivity index (χ0) is 20.3. The molecule has 3 rings (SSSR count). The summed E-state index contributed by atoms with van der Waals surface area (Å²) in [6.07, 6.45) is 3.22. The predicted octanol–water partition coefficient (Wildman–Crippen LogP) is 3.16. The minimum Gasteiger partial charge on any atom is -0.480 e. The number of ether oxygens (including phenoxy) is 1. The Hall–Kier alpha value is -2.86. The number of carbonyl (C=O) groups excluding carboxylic acids is 2. The molecule has 6 nitrogen and oxygen atoms in total. The molecule has 0 spiro atoms. The highest BCUT2D eigenvalue weighted by molar-refractivity contribution is 6.31. The van der Waals surface area contributed by atoms with E-state index in [1.165, 1.54) is 12.0 Å². The van der Waals surface area contributed by atoms with Crippen LogP contribution >= 0.6 is 11.6 Å². The Morgan fingerprint density at radius 1 is 1.21 bits per heavy atom. The van der Waals surface area contributed by atoms with E-state index in [1.807, 2.05) is 24.3 Å². The highest BCUT2D eigenvalue weighted by Gasteiger charge is 2.21. The van der Waals surface area contributed by atoms with Gasteiger partial charge in [0, 0.05) is 37.7 Å². The smallest absolute Gasteiger partial charge is 0.253 e. The van der Waals surface area contributed by atoms with Gasteiger partial charge in [-0.3, -0.25) is 9.59 Å². The number of rotatable bonds is 5. The van der Waals surface area contributed by atoms with E-state index in [1.54, 1.807) is 32.3 Å². The molecule has 0 bridgehead atoms. The van der Waals surface area contributed by atoms with Gasteiger partial charge in [0.05, 0.1) is 12.8 Å². The first-order valence-corrected chi connectivity index (χ1v) is 9.31. The summed E-state index contributed by atoms with van der Waals surface area (Å²) < 4.78 is 5.25. The SMILES string of the molecule is COc1nc(C(=C[C@H]2CCC(=O)N2)c2ccc(C(=O)N(C)C)cc2)ccc1Cl. The Morgan fingerprint density at radius 3 is 2.46 bits per heavy atom. The topological polar surface area (TPSA) is 71.5 Å². The summed E-state index contributed by atoms with van der Waals surface area (Å²) in [4.78, 5) is 29.8. The lowest BCUT2D eigenvalue weighted by Crippen LogP contribution is -2.23. The fourth-order valence-electron chi connectivity index (χ4n) is 3.06. The minimum absolute atomic E-state index is 0.0363. The van der Waals surface area contributed by atoms with Crippen LogP contribution in [0.25, 0.3) is 5.57 Å². The second kappa shape index (κ2) is 8.44. The Labute approximate surface area is 169 Å². The van der Waals surface area contributed by atoms with Gasteiger partial charge in [-0.25, -0.2) is 4.98 Å². The van der Waals surface area contributed by atoms with Gasteiger partial charge in [0.1, 0.15) is 5.02 Å². The van der Waals surface area contributed by atoms with Gasteiger partial charge >= 0.3 is 0 Å². The first kappa shape index (κ1) is 19.9. The van der Waals surface area contributed by atoms with E-state index in [0.29, 0.717) is 28.6 Å². The van der Waals surface area contributed by atoms with E-state index in [2.05, 4.69) is 10.3 Å². The van der Waals surface area contributed by atoms with Gasteiger partial charge in [-0.15, -0.1) is 0 Å². The summed E-state index contributed by atoms with van der Waals surface area (Å²) in [6, 6.07) is 10.8. The van der Waals surface area contributed by atoms with E-state index in [9.17, 15) is 9.59 Å². The van der Waals surface area contributed by atoms with E-state index in [-0.39, 0.29) is 17.9 Å². The fourth-order valence-corrected chi connectivity index (χ4v) is 3.24. The standard InChI is InChI=1S/C21H22ClN3O3/c1-25(2)21(27)14-6-4-13(5-7-14)16(12-15-8-11-19(26)23-15)18-10-9-17(22)20(24-18)28-3/h4-7,9-10,12,15H,8,11H2,1-3H3,(H,23,26)/t15-/m1/s1. The van der Waals surface area contributed by atoms with E-state index in [4.69, 9.17) is 16.3 Å². The zero-order valence-electron chi connectivity index (χ0n) is 16.0. The molecule has 146 valence electrons. The highest BCUT2D eigenvalue weighted by atomic mass is 35.5. The van der Waals surface area contributed by atoms with Crippen molar-refractivity contribution in [3.05, 3.63) is 64.3 Å². The van der Waals surface area contributed by atoms with Crippen molar-refractivity contribution in [1.82, 2.24) is 15.2 Å². The number of nitrogens with one attached hydrogen (secondary N) is 1. The highest BCUT2D eigenvalue weighted by Crippen LogP contribution is 2.29. The number of hydrogen-bond donors (Lipinski definition) is 1. The lowest BCUT2D eigenvalue weighted by molar-refractivity contribution is -0.119. The lowest BCUT2D eigenvalue weighted by Gasteiger charge is -2.14. The molecule has 2 amide bonds. The molecule has 1 aromatic heterocycles. The molecule has 28 heavy (non-hydrogen) atoms. The molecule has 1 atom stereocenters. The predicted molar refractivity (Wildman–Crippen MR) is 109 cm³/mol. The summed E-state index contributed by atoms with van der Waals surface area (Å²) in [5.41, 5.74) is 3.00. The third kappa shape index (κ3) is 4.34. The van der Waals surface area contributed by atoms with Crippen LogP contribution in [0.3, 0.4) is 0 Å². The summed E-state index contributed by atoms with van der Waals surface area (Å²) in [5, 5.41) is 3.37. The molecule has 1 aliphatic rings. The molecule has 0 radical (unpaired) electrons. The van der Waals surface area contributed by atoms with Crippen LogP contribution in [-0.4, -0.2) is 48.9 Å². The molecular weight excluding hydrogens is 378 g/mol. The van der Waals surface area contributed by atoms with Gasteiger partial charge < -0.3 is 15.0 Å². The number of halogens is 1. The van der Waals surface area contributed by atoms with Crippen molar-refractivity contribution in [3.8, 4) is 5.88 Å². The van der Waals surface area contributed by atoms with Gasteiger partial charge in [-0.05, 0) is 36.2 Å². The maximum absolute atomic E-state index is 12.2. The van der Waals surface area contributed by atoms with Crippen molar-refractivity contribution in [2.75, 3.05) is 21.2 Å². The Morgan fingerprint density at radius 2 is 1.89 bits per heavy atom. The van der Waals surface area contributed by atoms with Gasteiger partial charge in [0.2, 0.25) is 11.8 Å². The lowest BCUT2D eigenvalue weighted by atomic mass is 9.97. The maximum atomic E-state index is 12.2. The molecule has 1 aromatic carbocycles. The Bertz CT molecular complexity index is 923. The minimum atomic E-state index is -0.0749. The summed E-state index contributed by atoms with van der Waals surface area (Å²) >= 11 is 6.12. The van der Waals surface area contributed by atoms with E-state index < -0.39 is 0 Å². The quantitative estimate of drug-likeness (QED) is 0.838. The second-order valence-electron chi connectivity index (χ2n) is 6.76. The second-order valence-corrected chi connectivity index (χ2v) is 7.16. The molecule has 2 aromatic rings. The van der Waals surface area contributed by atoms with Crippen LogP contribution in [0, 0.1) is 0 Å². The van der Waals surface area contributed by atoms with Crippen molar-refractivity contribution in [2.45, 2.75) is 18.9 Å². The number of amides is 2. The van der Waals surface area contributed by atoms with E-state index in [0.717, 1.165) is 17.6 Å². The molecule has 2 heterocycles. The zero-order valence-corrected chi connectivity index (χ0v) is 16.8. The maximum Gasteiger partial charge on any atom is 0.253 e. The van der Waals surface area contributed by atoms with Gasteiger partial charge in [-0.1, -0.05) is 29.8 Å². The van der Waals surface area contributed by atoms with Crippen LogP contribution in [0.4, 0.5) is 0 Å². The Balaban J connectivity index is 2.03. The van der Waals surface area contributed by atoms with Crippen LogP contribution in [0.2, 0.25) is 5.02 Å². The van der Waals surface area contributed by atoms with Crippen molar-refractivity contribution in [3.63, 3.8) is 0 Å². The van der Waals surface area contributed by atoms with Crippen molar-refractivity contribution < 1.29 is 14.3 Å². The summed E-state index contributed by atoms with van der Waals surface area (Å²) in [5.74, 6) is 0.306. The molecule has 0 unspecified atom stereocenters. The number of aromatic nitrogens is 1. The van der Waals surface area contributed by atoms with Crippen LogP contribution in [-0.2, 0) is 4.79 Å².